The van der Waals surface area contributed by atoms with Crippen molar-refractivity contribution in [2.45, 2.75) is 45.4 Å². The molecule has 0 bridgehead atoms. The summed E-state index contributed by atoms with van der Waals surface area (Å²) < 4.78 is 0. The first-order valence-electron chi connectivity index (χ1n) is 5.72. The van der Waals surface area contributed by atoms with Gasteiger partial charge in [-0.05, 0) is 44.2 Å². The van der Waals surface area contributed by atoms with Crippen molar-refractivity contribution in [1.82, 2.24) is 5.32 Å². The average molecular weight is 242 g/mol. The van der Waals surface area contributed by atoms with E-state index in [2.05, 4.69) is 30.6 Å². The summed E-state index contributed by atoms with van der Waals surface area (Å²) >= 11 is 1.74. The molecule has 92 valence electrons. The molecule has 1 heterocycles. The number of thiophene rings is 1. The van der Waals surface area contributed by atoms with Crippen molar-refractivity contribution >= 4 is 11.3 Å². The second-order valence-corrected chi connectivity index (χ2v) is 5.36. The Hall–Kier alpha value is -0.420. The lowest BCUT2D eigenvalue weighted by Gasteiger charge is -2.23. The lowest BCUT2D eigenvalue weighted by Crippen LogP contribution is -2.36. The van der Waals surface area contributed by atoms with Crippen molar-refractivity contribution in [3.05, 3.63) is 21.9 Å². The van der Waals surface area contributed by atoms with Crippen LogP contribution in [0.15, 0.2) is 11.4 Å². The summed E-state index contributed by atoms with van der Waals surface area (Å²) in [5, 5.41) is 14.9. The third kappa shape index (κ3) is 3.87. The van der Waals surface area contributed by atoms with Crippen LogP contribution in [0.5, 0.6) is 0 Å². The maximum atomic E-state index is 9.32. The molecule has 0 aliphatic carbocycles. The number of aliphatic hydroxyl groups is 1. The Kier molecular flexibility index (Phi) is 5.41. The Morgan fingerprint density at radius 3 is 2.62 bits per heavy atom. The molecule has 0 aromatic carbocycles. The Balaban J connectivity index is 2.59. The number of hydrogen-bond acceptors (Lipinski definition) is 4. The summed E-state index contributed by atoms with van der Waals surface area (Å²) in [5.41, 5.74) is 7.08. The van der Waals surface area contributed by atoms with Crippen LogP contribution in [-0.4, -0.2) is 23.8 Å². The van der Waals surface area contributed by atoms with Crippen LogP contribution in [0.3, 0.4) is 0 Å². The maximum absolute atomic E-state index is 9.32. The number of aliphatic hydroxyl groups excluding tert-OH is 1. The fraction of sp³-hybridized carbons (Fsp3) is 0.667. The van der Waals surface area contributed by atoms with Crippen LogP contribution in [0.4, 0.5) is 0 Å². The second-order valence-electron chi connectivity index (χ2n) is 4.41. The molecule has 0 aliphatic rings. The SMILES string of the molecule is Cc1ccsc1C(CN)NC(C)CC(C)O. The molecule has 1 rings (SSSR count). The van der Waals surface area contributed by atoms with E-state index in [-0.39, 0.29) is 18.2 Å². The van der Waals surface area contributed by atoms with Gasteiger partial charge < -0.3 is 16.2 Å². The van der Waals surface area contributed by atoms with E-state index in [1.807, 2.05) is 6.92 Å². The molecule has 4 heteroatoms. The van der Waals surface area contributed by atoms with E-state index >= 15 is 0 Å². The number of nitrogens with two attached hydrogens (primary N) is 1. The van der Waals surface area contributed by atoms with Gasteiger partial charge in [0, 0.05) is 17.5 Å². The summed E-state index contributed by atoms with van der Waals surface area (Å²) in [5.74, 6) is 0. The predicted octanol–water partition coefficient (Wildman–Crippen LogP) is 1.81. The molecule has 0 radical (unpaired) electrons. The highest BCUT2D eigenvalue weighted by molar-refractivity contribution is 7.10. The highest BCUT2D eigenvalue weighted by Crippen LogP contribution is 2.23. The van der Waals surface area contributed by atoms with Crippen LogP contribution in [0.25, 0.3) is 0 Å². The van der Waals surface area contributed by atoms with Gasteiger partial charge in [0.1, 0.15) is 0 Å². The van der Waals surface area contributed by atoms with Crippen LogP contribution < -0.4 is 11.1 Å². The van der Waals surface area contributed by atoms with Crippen molar-refractivity contribution in [3.63, 3.8) is 0 Å². The van der Waals surface area contributed by atoms with E-state index in [9.17, 15) is 5.11 Å². The van der Waals surface area contributed by atoms with Crippen molar-refractivity contribution < 1.29 is 5.11 Å². The van der Waals surface area contributed by atoms with E-state index < -0.39 is 0 Å². The molecule has 3 nitrogen and oxygen atoms in total. The molecule has 16 heavy (non-hydrogen) atoms. The first-order chi connectivity index (χ1) is 7.54. The third-order valence-corrected chi connectivity index (χ3v) is 3.77. The van der Waals surface area contributed by atoms with Crippen LogP contribution >= 0.6 is 11.3 Å². The van der Waals surface area contributed by atoms with Gasteiger partial charge in [0.25, 0.3) is 0 Å². The minimum atomic E-state index is -0.273. The third-order valence-electron chi connectivity index (χ3n) is 2.63. The van der Waals surface area contributed by atoms with Gasteiger partial charge in [0.05, 0.1) is 12.1 Å². The van der Waals surface area contributed by atoms with Gasteiger partial charge >= 0.3 is 0 Å². The smallest absolute Gasteiger partial charge is 0.0543 e. The van der Waals surface area contributed by atoms with Crippen molar-refractivity contribution in [1.29, 1.82) is 0 Å². The van der Waals surface area contributed by atoms with Crippen molar-refractivity contribution in [2.24, 2.45) is 5.73 Å². The van der Waals surface area contributed by atoms with Gasteiger partial charge in [-0.1, -0.05) is 0 Å². The molecule has 0 aliphatic heterocycles. The molecule has 0 spiro atoms. The molecule has 3 unspecified atom stereocenters. The second kappa shape index (κ2) is 6.35. The summed E-state index contributed by atoms with van der Waals surface area (Å²) in [4.78, 5) is 1.31. The molecular weight excluding hydrogens is 220 g/mol. The van der Waals surface area contributed by atoms with Gasteiger partial charge in [-0.2, -0.15) is 0 Å². The number of aryl methyl sites for hydroxylation is 1. The molecule has 0 saturated heterocycles. The standard InChI is InChI=1S/C12H22N2OS/c1-8-4-5-16-12(8)11(7-13)14-9(2)6-10(3)15/h4-5,9-11,14-15H,6-7,13H2,1-3H3. The zero-order valence-corrected chi connectivity index (χ0v) is 11.1. The van der Waals surface area contributed by atoms with Crippen LogP contribution in [0.2, 0.25) is 0 Å². The Morgan fingerprint density at radius 1 is 1.50 bits per heavy atom. The number of hydrogen-bond donors (Lipinski definition) is 3. The first-order valence-corrected chi connectivity index (χ1v) is 6.60. The monoisotopic (exact) mass is 242 g/mol. The van der Waals surface area contributed by atoms with E-state index in [1.165, 1.54) is 10.4 Å². The summed E-state index contributed by atoms with van der Waals surface area (Å²) in [6.45, 7) is 6.59. The van der Waals surface area contributed by atoms with Crippen LogP contribution in [0.1, 0.15) is 36.8 Å². The fourth-order valence-electron chi connectivity index (χ4n) is 1.92. The number of nitrogens with one attached hydrogen (secondary N) is 1. The zero-order chi connectivity index (χ0) is 12.1. The van der Waals surface area contributed by atoms with Gasteiger partial charge in [-0.15, -0.1) is 11.3 Å². The Labute approximate surface area is 102 Å². The van der Waals surface area contributed by atoms with Crippen molar-refractivity contribution in [3.8, 4) is 0 Å². The highest BCUT2D eigenvalue weighted by atomic mass is 32.1. The Morgan fingerprint density at radius 2 is 2.19 bits per heavy atom. The highest BCUT2D eigenvalue weighted by Gasteiger charge is 2.16. The molecule has 0 saturated carbocycles. The molecule has 3 atom stereocenters. The lowest BCUT2D eigenvalue weighted by atomic mass is 10.1. The van der Waals surface area contributed by atoms with Gasteiger partial charge in [-0.25, -0.2) is 0 Å². The average Bonchev–Trinajstić information content (AvgIpc) is 2.60. The minimum absolute atomic E-state index is 0.203. The molecular formula is C12H22N2OS. The summed E-state index contributed by atoms with van der Waals surface area (Å²) in [6.07, 6.45) is 0.478. The summed E-state index contributed by atoms with van der Waals surface area (Å²) in [6, 6.07) is 2.59. The van der Waals surface area contributed by atoms with Gasteiger partial charge in [0.15, 0.2) is 0 Å². The lowest BCUT2D eigenvalue weighted by molar-refractivity contribution is 0.168. The van der Waals surface area contributed by atoms with Gasteiger partial charge in [-0.3, -0.25) is 0 Å². The first kappa shape index (κ1) is 13.6. The Bertz CT molecular complexity index is 312. The fourth-order valence-corrected chi connectivity index (χ4v) is 2.92. The van der Waals surface area contributed by atoms with E-state index in [0.29, 0.717) is 6.54 Å². The number of rotatable bonds is 6. The van der Waals surface area contributed by atoms with Gasteiger partial charge in [0.2, 0.25) is 0 Å². The largest absolute Gasteiger partial charge is 0.393 e. The van der Waals surface area contributed by atoms with Crippen LogP contribution in [-0.2, 0) is 0 Å². The van der Waals surface area contributed by atoms with E-state index in [0.717, 1.165) is 6.42 Å². The van der Waals surface area contributed by atoms with E-state index in [4.69, 9.17) is 5.73 Å². The predicted molar refractivity (Wildman–Crippen MR) is 69.7 cm³/mol. The van der Waals surface area contributed by atoms with Crippen LogP contribution in [0, 0.1) is 6.92 Å². The molecule has 0 fully saturated rings. The molecule has 1 aromatic rings. The van der Waals surface area contributed by atoms with E-state index in [1.54, 1.807) is 11.3 Å². The quantitative estimate of drug-likeness (QED) is 0.713. The summed E-state index contributed by atoms with van der Waals surface area (Å²) in [7, 11) is 0. The maximum Gasteiger partial charge on any atom is 0.0543 e. The topological polar surface area (TPSA) is 58.3 Å². The normalized spacial score (nSPS) is 17.1. The minimum Gasteiger partial charge on any atom is -0.393 e. The molecule has 1 aromatic heterocycles. The zero-order valence-electron chi connectivity index (χ0n) is 10.2. The molecule has 4 N–H and O–H groups in total. The molecule has 0 amide bonds. The van der Waals surface area contributed by atoms with Crippen molar-refractivity contribution in [2.75, 3.05) is 6.54 Å².